The van der Waals surface area contributed by atoms with Gasteiger partial charge >= 0.3 is 0 Å². The van der Waals surface area contributed by atoms with E-state index in [1.165, 1.54) is 77.0 Å². The largest absolute Gasteiger partial charge is 0.353 e. The Morgan fingerprint density at radius 1 is 0.903 bits per heavy atom. The van der Waals surface area contributed by atoms with Crippen molar-refractivity contribution in [3.8, 4) is 0 Å². The van der Waals surface area contributed by atoms with E-state index < -0.39 is 0 Å². The fourth-order valence-electron chi connectivity index (χ4n) is 9.84. The van der Waals surface area contributed by atoms with Crippen LogP contribution in [0.25, 0.3) is 0 Å². The van der Waals surface area contributed by atoms with Gasteiger partial charge in [-0.2, -0.15) is 0 Å². The van der Waals surface area contributed by atoms with Crippen LogP contribution in [0.1, 0.15) is 119 Å². The zero-order chi connectivity index (χ0) is 22.4. The molecule has 0 heterocycles. The van der Waals surface area contributed by atoms with E-state index in [0.29, 0.717) is 22.8 Å². The number of hydrogen-bond acceptors (Lipinski definition) is 1. The average molecular weight is 430 g/mol. The fourth-order valence-corrected chi connectivity index (χ4v) is 9.84. The summed E-state index contributed by atoms with van der Waals surface area (Å²) in [6, 6.07) is 0.425. The molecule has 4 aliphatic carbocycles. The lowest BCUT2D eigenvalue weighted by Crippen LogP contribution is -2.60. The molecular weight excluding hydrogens is 378 g/mol. The predicted octanol–water partition coefficient (Wildman–Crippen LogP) is 7.61. The van der Waals surface area contributed by atoms with Crippen molar-refractivity contribution in [3.05, 3.63) is 0 Å². The predicted molar refractivity (Wildman–Crippen MR) is 131 cm³/mol. The minimum absolute atomic E-state index is 0.193. The first kappa shape index (κ1) is 23.6. The maximum atomic E-state index is 12.1. The minimum Gasteiger partial charge on any atom is -0.353 e. The van der Waals surface area contributed by atoms with Crippen molar-refractivity contribution < 1.29 is 4.79 Å². The summed E-state index contributed by atoms with van der Waals surface area (Å²) < 4.78 is 0. The molecule has 2 nitrogen and oxygen atoms in total. The van der Waals surface area contributed by atoms with Crippen molar-refractivity contribution in [2.24, 2.45) is 52.3 Å². The lowest BCUT2D eigenvalue weighted by atomic mass is 9.43. The molecule has 1 N–H and O–H groups in total. The second kappa shape index (κ2) is 9.02. The van der Waals surface area contributed by atoms with Crippen LogP contribution in [-0.2, 0) is 4.79 Å². The zero-order valence-corrected chi connectivity index (χ0v) is 21.5. The highest BCUT2D eigenvalue weighted by molar-refractivity contribution is 5.73. The van der Waals surface area contributed by atoms with Crippen molar-refractivity contribution in [1.82, 2.24) is 5.32 Å². The van der Waals surface area contributed by atoms with E-state index >= 15 is 0 Å². The molecule has 2 heteroatoms. The maximum Gasteiger partial charge on any atom is 0.217 e. The number of hydrogen-bond donors (Lipinski definition) is 1. The molecule has 0 aromatic heterocycles. The van der Waals surface area contributed by atoms with Crippen LogP contribution >= 0.6 is 0 Å². The molecule has 178 valence electrons. The molecule has 0 spiro atoms. The van der Waals surface area contributed by atoms with Crippen LogP contribution in [0, 0.1) is 52.3 Å². The van der Waals surface area contributed by atoms with Gasteiger partial charge in [0.1, 0.15) is 0 Å². The number of fused-ring (bicyclic) bond motifs is 5. The third kappa shape index (κ3) is 4.23. The summed E-state index contributed by atoms with van der Waals surface area (Å²) in [5, 5.41) is 3.47. The molecule has 0 bridgehead atoms. The Morgan fingerprint density at radius 2 is 1.65 bits per heavy atom. The molecule has 0 saturated heterocycles. The van der Waals surface area contributed by atoms with E-state index in [4.69, 9.17) is 0 Å². The van der Waals surface area contributed by atoms with Gasteiger partial charge in [0.2, 0.25) is 5.91 Å². The molecule has 31 heavy (non-hydrogen) atoms. The van der Waals surface area contributed by atoms with Crippen molar-refractivity contribution in [2.75, 3.05) is 0 Å². The van der Waals surface area contributed by atoms with Crippen LogP contribution in [-0.4, -0.2) is 11.9 Å². The van der Waals surface area contributed by atoms with Crippen molar-refractivity contribution in [2.45, 2.75) is 125 Å². The Balaban J connectivity index is 1.54. The highest BCUT2D eigenvalue weighted by Gasteiger charge is 2.61. The first-order valence-electron chi connectivity index (χ1n) is 13.9. The van der Waals surface area contributed by atoms with E-state index in [1.54, 1.807) is 6.92 Å². The van der Waals surface area contributed by atoms with E-state index in [9.17, 15) is 4.79 Å². The number of amides is 1. The monoisotopic (exact) mass is 429 g/mol. The van der Waals surface area contributed by atoms with Gasteiger partial charge in [-0.05, 0) is 97.2 Å². The van der Waals surface area contributed by atoms with Gasteiger partial charge < -0.3 is 5.32 Å². The van der Waals surface area contributed by atoms with Gasteiger partial charge in [0.15, 0.2) is 0 Å². The third-order valence-electron chi connectivity index (χ3n) is 11.2. The van der Waals surface area contributed by atoms with Crippen molar-refractivity contribution in [1.29, 1.82) is 0 Å². The molecule has 0 unspecified atom stereocenters. The normalized spacial score (nSPS) is 45.5. The van der Waals surface area contributed by atoms with Gasteiger partial charge in [-0.15, -0.1) is 0 Å². The summed E-state index contributed by atoms with van der Waals surface area (Å²) in [6.07, 6.45) is 16.8. The first-order chi connectivity index (χ1) is 14.7. The molecule has 1 amide bonds. The summed E-state index contributed by atoms with van der Waals surface area (Å²) in [4.78, 5) is 12.1. The number of rotatable bonds is 6. The lowest BCUT2D eigenvalue weighted by Gasteiger charge is -2.62. The fraction of sp³-hybridized carbons (Fsp3) is 0.966. The Hall–Kier alpha value is -0.530. The minimum atomic E-state index is 0.193. The van der Waals surface area contributed by atoms with E-state index in [1.807, 2.05) is 0 Å². The molecule has 0 aliphatic heterocycles. The molecule has 4 saturated carbocycles. The van der Waals surface area contributed by atoms with Gasteiger partial charge in [0.05, 0.1) is 0 Å². The quantitative estimate of drug-likeness (QED) is 0.462. The van der Waals surface area contributed by atoms with Gasteiger partial charge in [-0.25, -0.2) is 0 Å². The highest BCUT2D eigenvalue weighted by Crippen LogP contribution is 2.68. The zero-order valence-electron chi connectivity index (χ0n) is 21.5. The van der Waals surface area contributed by atoms with Crippen molar-refractivity contribution >= 4 is 5.91 Å². The van der Waals surface area contributed by atoms with Gasteiger partial charge in [0.25, 0.3) is 0 Å². The summed E-state index contributed by atoms with van der Waals surface area (Å²) >= 11 is 0. The number of carbonyl (C=O) groups excluding carboxylic acids is 1. The van der Waals surface area contributed by atoms with Crippen LogP contribution < -0.4 is 5.32 Å². The summed E-state index contributed by atoms with van der Waals surface area (Å²) in [7, 11) is 0. The summed E-state index contributed by atoms with van der Waals surface area (Å²) in [5.41, 5.74) is 0.994. The van der Waals surface area contributed by atoms with Crippen LogP contribution in [0.3, 0.4) is 0 Å². The van der Waals surface area contributed by atoms with Gasteiger partial charge in [-0.1, -0.05) is 66.7 Å². The molecule has 4 fully saturated rings. The van der Waals surface area contributed by atoms with Crippen LogP contribution in [0.4, 0.5) is 0 Å². The van der Waals surface area contributed by atoms with Gasteiger partial charge in [-0.3, -0.25) is 4.79 Å². The Labute approximate surface area is 193 Å². The molecule has 0 aromatic rings. The van der Waals surface area contributed by atoms with Crippen LogP contribution in [0.2, 0.25) is 0 Å². The summed E-state index contributed by atoms with van der Waals surface area (Å²) in [6.45, 7) is 14.4. The Morgan fingerprint density at radius 3 is 2.35 bits per heavy atom. The number of nitrogens with one attached hydrogen (secondary N) is 1. The van der Waals surface area contributed by atoms with E-state index in [-0.39, 0.29) is 5.91 Å². The second-order valence-corrected chi connectivity index (χ2v) is 13.3. The van der Waals surface area contributed by atoms with Gasteiger partial charge in [0, 0.05) is 13.0 Å². The molecular formula is C29H51NO. The molecule has 9 atom stereocenters. The SMILES string of the molecule is CC(=O)N[C@H]1C[C@H]2[C@H]3CC[C@H]([C@H](C)CCCC(C)C)[C@@]3(C)CC[C@@H]2[C@@]2(C)CCCC[C@@H]12. The topological polar surface area (TPSA) is 29.1 Å². The smallest absolute Gasteiger partial charge is 0.217 e. The Bertz CT molecular complexity index is 643. The van der Waals surface area contributed by atoms with Crippen LogP contribution in [0.15, 0.2) is 0 Å². The Kier molecular flexibility index (Phi) is 6.87. The maximum absolute atomic E-state index is 12.1. The average Bonchev–Trinajstić information content (AvgIpc) is 3.04. The van der Waals surface area contributed by atoms with E-state index in [2.05, 4.69) is 39.9 Å². The molecule has 0 aromatic carbocycles. The third-order valence-corrected chi connectivity index (χ3v) is 11.2. The van der Waals surface area contributed by atoms with Crippen molar-refractivity contribution in [3.63, 3.8) is 0 Å². The second-order valence-electron chi connectivity index (χ2n) is 13.3. The molecule has 0 radical (unpaired) electrons. The summed E-state index contributed by atoms with van der Waals surface area (Å²) in [5.74, 6) is 6.16. The van der Waals surface area contributed by atoms with E-state index in [0.717, 1.165) is 35.5 Å². The lowest BCUT2D eigenvalue weighted by molar-refractivity contribution is -0.136. The standard InChI is InChI=1S/C29H51NO/c1-19(2)10-9-11-20(3)23-13-14-24-22-18-27(30-21(4)31)26-12-7-8-16-28(26,5)25(22)15-17-29(23,24)6/h19-20,22-27H,7-18H2,1-6H3,(H,30,31)/t20-,22+,23-,24-,25+,26+,27+,28-,29-/m1/s1. The molecule has 4 rings (SSSR count). The van der Waals surface area contributed by atoms with Crippen LogP contribution in [0.5, 0.6) is 0 Å². The highest BCUT2D eigenvalue weighted by atomic mass is 16.1. The first-order valence-corrected chi connectivity index (χ1v) is 13.9. The number of carbonyl (C=O) groups is 1. The molecule has 4 aliphatic rings.